The van der Waals surface area contributed by atoms with Crippen molar-refractivity contribution in [3.8, 4) is 0 Å². The van der Waals surface area contributed by atoms with Gasteiger partial charge in [-0.1, -0.05) is 26.0 Å². The summed E-state index contributed by atoms with van der Waals surface area (Å²) in [7, 11) is 2.09. The van der Waals surface area contributed by atoms with Gasteiger partial charge < -0.3 is 14.6 Å². The molecule has 1 heterocycles. The highest BCUT2D eigenvalue weighted by Gasteiger charge is 2.05. The van der Waals surface area contributed by atoms with E-state index >= 15 is 0 Å². The summed E-state index contributed by atoms with van der Waals surface area (Å²) in [6.45, 7) is 9.20. The van der Waals surface area contributed by atoms with E-state index in [1.807, 2.05) is 19.1 Å². The molecule has 0 saturated heterocycles. The van der Waals surface area contributed by atoms with E-state index in [2.05, 4.69) is 55.4 Å². The first-order valence-electron chi connectivity index (χ1n) is 7.60. The second-order valence-electron chi connectivity index (χ2n) is 6.06. The van der Waals surface area contributed by atoms with E-state index in [9.17, 15) is 0 Å². The van der Waals surface area contributed by atoms with Gasteiger partial charge in [0, 0.05) is 19.3 Å². The molecule has 3 heteroatoms. The molecule has 0 unspecified atom stereocenters. The van der Waals surface area contributed by atoms with Crippen LogP contribution in [-0.2, 0) is 13.1 Å². The van der Waals surface area contributed by atoms with Crippen molar-refractivity contribution in [1.82, 2.24) is 5.32 Å². The van der Waals surface area contributed by atoms with Crippen LogP contribution in [0.5, 0.6) is 0 Å². The predicted octanol–water partition coefficient (Wildman–Crippen LogP) is 3.97. The van der Waals surface area contributed by atoms with Crippen molar-refractivity contribution >= 4 is 5.69 Å². The monoisotopic (exact) mass is 286 g/mol. The fourth-order valence-corrected chi connectivity index (χ4v) is 2.27. The van der Waals surface area contributed by atoms with Crippen LogP contribution in [0, 0.1) is 12.8 Å². The summed E-state index contributed by atoms with van der Waals surface area (Å²) in [6, 6.07) is 12.8. The van der Waals surface area contributed by atoms with Crippen LogP contribution in [0.1, 0.15) is 30.9 Å². The summed E-state index contributed by atoms with van der Waals surface area (Å²) in [5.74, 6) is 2.65. The number of rotatable bonds is 7. The van der Waals surface area contributed by atoms with Crippen molar-refractivity contribution in [2.75, 3.05) is 18.5 Å². The lowest BCUT2D eigenvalue weighted by molar-refractivity contribution is 0.482. The summed E-state index contributed by atoms with van der Waals surface area (Å²) < 4.78 is 5.62. The van der Waals surface area contributed by atoms with Crippen LogP contribution in [0.4, 0.5) is 5.69 Å². The standard InChI is InChI=1S/C18H26N2O/c1-14(2)11-19-12-16-6-8-17(9-7-16)20(4)13-18-10-5-15(3)21-18/h5-10,14,19H,11-13H2,1-4H3. The molecule has 0 radical (unpaired) electrons. The first kappa shape index (κ1) is 15.6. The summed E-state index contributed by atoms with van der Waals surface area (Å²) in [5, 5.41) is 3.46. The lowest BCUT2D eigenvalue weighted by Crippen LogP contribution is -2.19. The second-order valence-corrected chi connectivity index (χ2v) is 6.06. The van der Waals surface area contributed by atoms with Crippen LogP contribution in [0.3, 0.4) is 0 Å². The van der Waals surface area contributed by atoms with Crippen LogP contribution < -0.4 is 10.2 Å². The fraction of sp³-hybridized carbons (Fsp3) is 0.444. The third kappa shape index (κ3) is 4.94. The van der Waals surface area contributed by atoms with Crippen molar-refractivity contribution < 1.29 is 4.42 Å². The van der Waals surface area contributed by atoms with Crippen LogP contribution in [0.25, 0.3) is 0 Å². The number of nitrogens with zero attached hydrogens (tertiary/aromatic N) is 1. The molecule has 0 atom stereocenters. The Balaban J connectivity index is 1.88. The van der Waals surface area contributed by atoms with E-state index in [0.717, 1.165) is 31.2 Å². The van der Waals surface area contributed by atoms with Gasteiger partial charge in [-0.25, -0.2) is 0 Å². The number of hydrogen-bond acceptors (Lipinski definition) is 3. The van der Waals surface area contributed by atoms with E-state index < -0.39 is 0 Å². The van der Waals surface area contributed by atoms with Gasteiger partial charge in [0.25, 0.3) is 0 Å². The van der Waals surface area contributed by atoms with E-state index in [0.29, 0.717) is 5.92 Å². The average Bonchev–Trinajstić information content (AvgIpc) is 2.84. The third-order valence-electron chi connectivity index (χ3n) is 3.45. The minimum atomic E-state index is 0.687. The molecule has 0 spiro atoms. The van der Waals surface area contributed by atoms with Gasteiger partial charge >= 0.3 is 0 Å². The van der Waals surface area contributed by atoms with Crippen molar-refractivity contribution in [2.24, 2.45) is 5.92 Å². The topological polar surface area (TPSA) is 28.4 Å². The van der Waals surface area contributed by atoms with E-state index in [1.54, 1.807) is 0 Å². The Morgan fingerprint density at radius 2 is 1.81 bits per heavy atom. The molecule has 0 aliphatic carbocycles. The number of aryl methyl sites for hydroxylation is 1. The Labute approximate surface area is 128 Å². The van der Waals surface area contributed by atoms with Crippen LogP contribution >= 0.6 is 0 Å². The summed E-state index contributed by atoms with van der Waals surface area (Å²) in [5.41, 5.74) is 2.53. The maximum Gasteiger partial charge on any atom is 0.123 e. The first-order chi connectivity index (χ1) is 10.0. The van der Waals surface area contributed by atoms with Crippen molar-refractivity contribution in [3.63, 3.8) is 0 Å². The number of hydrogen-bond donors (Lipinski definition) is 1. The van der Waals surface area contributed by atoms with Crippen molar-refractivity contribution in [2.45, 2.75) is 33.9 Å². The third-order valence-corrected chi connectivity index (χ3v) is 3.45. The Hall–Kier alpha value is -1.74. The quantitative estimate of drug-likeness (QED) is 0.835. The molecule has 114 valence electrons. The minimum Gasteiger partial charge on any atom is -0.464 e. The van der Waals surface area contributed by atoms with Crippen molar-refractivity contribution in [3.05, 3.63) is 53.5 Å². The lowest BCUT2D eigenvalue weighted by atomic mass is 10.1. The molecule has 21 heavy (non-hydrogen) atoms. The number of nitrogens with one attached hydrogen (secondary N) is 1. The Morgan fingerprint density at radius 3 is 2.38 bits per heavy atom. The summed E-state index contributed by atoms with van der Waals surface area (Å²) >= 11 is 0. The zero-order valence-electron chi connectivity index (χ0n) is 13.5. The normalized spacial score (nSPS) is 11.1. The molecule has 3 nitrogen and oxygen atoms in total. The summed E-state index contributed by atoms with van der Waals surface area (Å²) in [4.78, 5) is 2.20. The maximum absolute atomic E-state index is 5.62. The molecule has 0 bridgehead atoms. The second kappa shape index (κ2) is 7.32. The average molecular weight is 286 g/mol. The van der Waals surface area contributed by atoms with Crippen molar-refractivity contribution in [1.29, 1.82) is 0 Å². The fourth-order valence-electron chi connectivity index (χ4n) is 2.27. The molecule has 0 fully saturated rings. The van der Waals surface area contributed by atoms with Crippen LogP contribution in [0.15, 0.2) is 40.8 Å². The van der Waals surface area contributed by atoms with E-state index in [1.165, 1.54) is 11.3 Å². The number of furan rings is 1. The lowest BCUT2D eigenvalue weighted by Gasteiger charge is -2.18. The van der Waals surface area contributed by atoms with Gasteiger partial charge in [-0.3, -0.25) is 0 Å². The van der Waals surface area contributed by atoms with Gasteiger partial charge in [-0.15, -0.1) is 0 Å². The molecule has 2 aromatic rings. The molecular weight excluding hydrogens is 260 g/mol. The molecule has 1 aromatic heterocycles. The maximum atomic E-state index is 5.62. The Kier molecular flexibility index (Phi) is 5.45. The van der Waals surface area contributed by atoms with Gasteiger partial charge in [-0.2, -0.15) is 0 Å². The van der Waals surface area contributed by atoms with Gasteiger partial charge in [0.15, 0.2) is 0 Å². The van der Waals surface area contributed by atoms with Gasteiger partial charge in [0.1, 0.15) is 11.5 Å². The molecule has 0 saturated carbocycles. The molecule has 0 amide bonds. The van der Waals surface area contributed by atoms with Crippen LogP contribution in [-0.4, -0.2) is 13.6 Å². The number of benzene rings is 1. The van der Waals surface area contributed by atoms with E-state index in [-0.39, 0.29) is 0 Å². The number of anilines is 1. The highest BCUT2D eigenvalue weighted by Crippen LogP contribution is 2.17. The van der Waals surface area contributed by atoms with Gasteiger partial charge in [-0.05, 0) is 49.2 Å². The Bertz CT molecular complexity index is 543. The minimum absolute atomic E-state index is 0.687. The highest BCUT2D eigenvalue weighted by atomic mass is 16.3. The predicted molar refractivity (Wildman–Crippen MR) is 88.5 cm³/mol. The van der Waals surface area contributed by atoms with Gasteiger partial charge in [0.2, 0.25) is 0 Å². The zero-order chi connectivity index (χ0) is 15.2. The smallest absolute Gasteiger partial charge is 0.123 e. The summed E-state index contributed by atoms with van der Waals surface area (Å²) in [6.07, 6.45) is 0. The van der Waals surface area contributed by atoms with Gasteiger partial charge in [0.05, 0.1) is 6.54 Å². The molecule has 2 rings (SSSR count). The first-order valence-corrected chi connectivity index (χ1v) is 7.60. The SMILES string of the molecule is Cc1ccc(CN(C)c2ccc(CNCC(C)C)cc2)o1. The highest BCUT2D eigenvalue weighted by molar-refractivity contribution is 5.47. The molecular formula is C18H26N2O. The van der Waals surface area contributed by atoms with Crippen LogP contribution in [0.2, 0.25) is 0 Å². The largest absolute Gasteiger partial charge is 0.464 e. The van der Waals surface area contributed by atoms with E-state index in [4.69, 9.17) is 4.42 Å². The molecule has 1 aromatic carbocycles. The molecule has 1 N–H and O–H groups in total. The molecule has 0 aliphatic heterocycles. The molecule has 0 aliphatic rings. The zero-order valence-corrected chi connectivity index (χ0v) is 13.5. The Morgan fingerprint density at radius 1 is 1.10 bits per heavy atom.